The highest BCUT2D eigenvalue weighted by Crippen LogP contribution is 2.24. The maximum atomic E-state index is 5.71. The maximum absolute atomic E-state index is 5.71. The first kappa shape index (κ1) is 15.3. The molecule has 0 aliphatic carbocycles. The van der Waals surface area contributed by atoms with Crippen LogP contribution in [0.25, 0.3) is 0 Å². The first-order valence-corrected chi connectivity index (χ1v) is 7.43. The summed E-state index contributed by atoms with van der Waals surface area (Å²) in [5.41, 5.74) is 1.33. The van der Waals surface area contributed by atoms with Crippen LogP contribution in [-0.2, 0) is 4.74 Å². The van der Waals surface area contributed by atoms with Crippen LogP contribution in [0, 0.1) is 0 Å². The molecule has 1 aliphatic heterocycles. The molecule has 20 heavy (non-hydrogen) atoms. The monoisotopic (exact) mass is 278 g/mol. The number of benzene rings is 1. The third-order valence-corrected chi connectivity index (χ3v) is 3.52. The van der Waals surface area contributed by atoms with Crippen LogP contribution >= 0.6 is 0 Å². The molecule has 4 heteroatoms. The summed E-state index contributed by atoms with van der Waals surface area (Å²) in [7, 11) is 2.00. The van der Waals surface area contributed by atoms with E-state index in [1.54, 1.807) is 0 Å². The second kappa shape index (κ2) is 7.62. The van der Waals surface area contributed by atoms with Crippen molar-refractivity contribution in [2.45, 2.75) is 26.0 Å². The number of ether oxygens (including phenoxy) is 2. The van der Waals surface area contributed by atoms with Crippen molar-refractivity contribution in [1.82, 2.24) is 10.2 Å². The van der Waals surface area contributed by atoms with E-state index in [0.717, 1.165) is 38.6 Å². The molecular weight excluding hydrogens is 252 g/mol. The smallest absolute Gasteiger partial charge is 0.119 e. The molecule has 1 N–H and O–H groups in total. The lowest BCUT2D eigenvalue weighted by Gasteiger charge is -2.34. The quantitative estimate of drug-likeness (QED) is 0.863. The first-order valence-electron chi connectivity index (χ1n) is 7.43. The summed E-state index contributed by atoms with van der Waals surface area (Å²) in [5.74, 6) is 0.939. The molecule has 1 unspecified atom stereocenters. The summed E-state index contributed by atoms with van der Waals surface area (Å²) < 4.78 is 11.1. The third-order valence-electron chi connectivity index (χ3n) is 3.52. The Bertz CT molecular complexity index is 386. The van der Waals surface area contributed by atoms with Crippen LogP contribution in [-0.4, -0.2) is 50.9 Å². The topological polar surface area (TPSA) is 33.7 Å². The van der Waals surface area contributed by atoms with E-state index in [0.29, 0.717) is 6.04 Å². The van der Waals surface area contributed by atoms with E-state index in [1.807, 2.05) is 20.9 Å². The molecule has 1 aliphatic rings. The highest BCUT2D eigenvalue weighted by Gasteiger charge is 2.21. The predicted octanol–water partition coefficient (Wildman–Crippen LogP) is 2.07. The van der Waals surface area contributed by atoms with Gasteiger partial charge in [0, 0.05) is 25.7 Å². The molecule has 0 aromatic heterocycles. The summed E-state index contributed by atoms with van der Waals surface area (Å²) in [6.07, 6.45) is 0.216. The average Bonchev–Trinajstić information content (AvgIpc) is 2.46. The van der Waals surface area contributed by atoms with Crippen LogP contribution in [0.3, 0.4) is 0 Å². The largest absolute Gasteiger partial charge is 0.491 e. The second-order valence-electron chi connectivity index (χ2n) is 5.46. The first-order chi connectivity index (χ1) is 9.70. The Morgan fingerprint density at radius 2 is 1.85 bits per heavy atom. The summed E-state index contributed by atoms with van der Waals surface area (Å²) in [5, 5.41) is 3.30. The zero-order valence-corrected chi connectivity index (χ0v) is 12.8. The van der Waals surface area contributed by atoms with Crippen LogP contribution in [0.1, 0.15) is 25.5 Å². The number of morpholine rings is 1. The van der Waals surface area contributed by atoms with Gasteiger partial charge in [0.1, 0.15) is 5.75 Å². The highest BCUT2D eigenvalue weighted by molar-refractivity contribution is 5.29. The highest BCUT2D eigenvalue weighted by atomic mass is 16.5. The molecule has 112 valence electrons. The van der Waals surface area contributed by atoms with Gasteiger partial charge in [-0.1, -0.05) is 12.1 Å². The van der Waals surface area contributed by atoms with Gasteiger partial charge in [-0.05, 0) is 38.6 Å². The molecule has 0 spiro atoms. The van der Waals surface area contributed by atoms with Crippen molar-refractivity contribution in [2.75, 3.05) is 39.9 Å². The van der Waals surface area contributed by atoms with E-state index >= 15 is 0 Å². The lowest BCUT2D eigenvalue weighted by molar-refractivity contribution is 0.0165. The molecule has 1 aromatic rings. The number of nitrogens with zero attached hydrogens (tertiary/aromatic N) is 1. The Labute approximate surface area is 122 Å². The van der Waals surface area contributed by atoms with Crippen LogP contribution < -0.4 is 10.1 Å². The van der Waals surface area contributed by atoms with Gasteiger partial charge in [-0.3, -0.25) is 4.90 Å². The lowest BCUT2D eigenvalue weighted by atomic mass is 10.0. The molecule has 0 bridgehead atoms. The maximum Gasteiger partial charge on any atom is 0.119 e. The fraction of sp³-hybridized carbons (Fsp3) is 0.625. The van der Waals surface area contributed by atoms with Gasteiger partial charge < -0.3 is 14.8 Å². The molecular formula is C16H26N2O2. The van der Waals surface area contributed by atoms with Crippen molar-refractivity contribution in [3.63, 3.8) is 0 Å². The summed E-state index contributed by atoms with van der Waals surface area (Å²) in [4.78, 5) is 2.48. The molecule has 0 radical (unpaired) electrons. The van der Waals surface area contributed by atoms with Crippen LogP contribution in [0.15, 0.2) is 24.3 Å². The number of rotatable bonds is 6. The number of nitrogens with one attached hydrogen (secondary N) is 1. The minimum atomic E-state index is 0.216. The second-order valence-corrected chi connectivity index (χ2v) is 5.46. The van der Waals surface area contributed by atoms with Gasteiger partial charge >= 0.3 is 0 Å². The van der Waals surface area contributed by atoms with Gasteiger partial charge in [-0.15, -0.1) is 0 Å². The van der Waals surface area contributed by atoms with E-state index in [9.17, 15) is 0 Å². The van der Waals surface area contributed by atoms with Gasteiger partial charge in [-0.25, -0.2) is 0 Å². The molecule has 2 rings (SSSR count). The molecule has 1 saturated heterocycles. The van der Waals surface area contributed by atoms with Crippen molar-refractivity contribution < 1.29 is 9.47 Å². The Hall–Kier alpha value is -1.10. The number of hydrogen-bond acceptors (Lipinski definition) is 4. The van der Waals surface area contributed by atoms with E-state index in [2.05, 4.69) is 34.5 Å². The van der Waals surface area contributed by atoms with E-state index in [4.69, 9.17) is 9.47 Å². The predicted molar refractivity (Wildman–Crippen MR) is 81.3 cm³/mol. The standard InChI is InChI=1S/C16H26N2O2/c1-13(2)20-15-6-4-14(5-7-15)16(12-17-3)18-8-10-19-11-9-18/h4-7,13,16-17H,8-12H2,1-3H3. The zero-order valence-electron chi connectivity index (χ0n) is 12.8. The molecule has 1 fully saturated rings. The van der Waals surface area contributed by atoms with E-state index in [1.165, 1.54) is 5.56 Å². The minimum Gasteiger partial charge on any atom is -0.491 e. The molecule has 1 aromatic carbocycles. The van der Waals surface area contributed by atoms with Crippen LogP contribution in [0.5, 0.6) is 5.75 Å². The molecule has 0 amide bonds. The number of likely N-dealkylation sites (N-methyl/N-ethyl adjacent to an activating group) is 1. The molecule has 1 heterocycles. The van der Waals surface area contributed by atoms with Crippen molar-refractivity contribution in [1.29, 1.82) is 0 Å². The minimum absolute atomic E-state index is 0.216. The number of hydrogen-bond donors (Lipinski definition) is 1. The Kier molecular flexibility index (Phi) is 5.83. The van der Waals surface area contributed by atoms with E-state index < -0.39 is 0 Å². The zero-order chi connectivity index (χ0) is 14.4. The fourth-order valence-electron chi connectivity index (χ4n) is 2.58. The van der Waals surface area contributed by atoms with Crippen molar-refractivity contribution >= 4 is 0 Å². The summed E-state index contributed by atoms with van der Waals surface area (Å²) >= 11 is 0. The fourth-order valence-corrected chi connectivity index (χ4v) is 2.58. The van der Waals surface area contributed by atoms with Crippen molar-refractivity contribution in [3.05, 3.63) is 29.8 Å². The lowest BCUT2D eigenvalue weighted by Crippen LogP contribution is -2.42. The van der Waals surface area contributed by atoms with Gasteiger partial charge in [-0.2, -0.15) is 0 Å². The van der Waals surface area contributed by atoms with Gasteiger partial charge in [0.2, 0.25) is 0 Å². The van der Waals surface area contributed by atoms with Crippen molar-refractivity contribution in [3.8, 4) is 5.75 Å². The third kappa shape index (κ3) is 4.20. The van der Waals surface area contributed by atoms with Gasteiger partial charge in [0.15, 0.2) is 0 Å². The normalized spacial score (nSPS) is 18.2. The van der Waals surface area contributed by atoms with Crippen LogP contribution in [0.4, 0.5) is 0 Å². The van der Waals surface area contributed by atoms with Crippen LogP contribution in [0.2, 0.25) is 0 Å². The Balaban J connectivity index is 2.07. The Morgan fingerprint density at radius 1 is 1.20 bits per heavy atom. The SMILES string of the molecule is CNCC(c1ccc(OC(C)C)cc1)N1CCOCC1. The van der Waals surface area contributed by atoms with E-state index in [-0.39, 0.29) is 6.10 Å². The van der Waals surface area contributed by atoms with Gasteiger partial charge in [0.25, 0.3) is 0 Å². The summed E-state index contributed by atoms with van der Waals surface area (Å²) in [6, 6.07) is 8.89. The average molecular weight is 278 g/mol. The van der Waals surface area contributed by atoms with Gasteiger partial charge in [0.05, 0.1) is 19.3 Å². The Morgan fingerprint density at radius 3 is 2.40 bits per heavy atom. The van der Waals surface area contributed by atoms with Crippen molar-refractivity contribution in [2.24, 2.45) is 0 Å². The molecule has 1 atom stereocenters. The molecule has 4 nitrogen and oxygen atoms in total. The molecule has 0 saturated carbocycles. The summed E-state index contributed by atoms with van der Waals surface area (Å²) in [6.45, 7) is 8.69.